The molecule has 1 fully saturated rings. The summed E-state index contributed by atoms with van der Waals surface area (Å²) in [7, 11) is 0. The second-order valence-electron chi connectivity index (χ2n) is 6.60. The van der Waals surface area contributed by atoms with Gasteiger partial charge in [-0.05, 0) is 46.1 Å². The minimum absolute atomic E-state index is 0.627. The Bertz CT molecular complexity index is 408. The van der Waals surface area contributed by atoms with Gasteiger partial charge in [-0.15, -0.1) is 11.3 Å². The van der Waals surface area contributed by atoms with Crippen LogP contribution in [0.4, 0.5) is 0 Å². The molecule has 0 spiro atoms. The summed E-state index contributed by atoms with van der Waals surface area (Å²) in [5, 5.41) is 4.99. The third kappa shape index (κ3) is 4.27. The molecule has 0 bridgehead atoms. The van der Waals surface area contributed by atoms with E-state index in [9.17, 15) is 0 Å². The molecule has 1 aromatic heterocycles. The molecule has 3 nitrogen and oxygen atoms in total. The normalized spacial score (nSPS) is 25.1. The monoisotopic (exact) mass is 295 g/mol. The van der Waals surface area contributed by atoms with Crippen molar-refractivity contribution in [1.29, 1.82) is 0 Å². The largest absolute Gasteiger partial charge is 0.313 e. The lowest BCUT2D eigenvalue weighted by molar-refractivity contribution is 0.189. The second-order valence-corrected chi connectivity index (χ2v) is 7.88. The van der Waals surface area contributed by atoms with Gasteiger partial charge >= 0.3 is 0 Å². The van der Waals surface area contributed by atoms with Gasteiger partial charge in [0.25, 0.3) is 0 Å². The summed E-state index contributed by atoms with van der Waals surface area (Å²) in [5.41, 5.74) is 1.20. The van der Waals surface area contributed by atoms with E-state index in [0.717, 1.165) is 25.6 Å². The van der Waals surface area contributed by atoms with Crippen LogP contribution in [-0.2, 0) is 6.54 Å². The molecule has 0 amide bonds. The fraction of sp³-hybridized carbons (Fsp3) is 0.812. The van der Waals surface area contributed by atoms with E-state index in [1.54, 1.807) is 0 Å². The molecule has 0 saturated carbocycles. The smallest absolute Gasteiger partial charge is 0.107 e. The summed E-state index contributed by atoms with van der Waals surface area (Å²) >= 11 is 1.86. The molecular formula is C16H29N3S. The van der Waals surface area contributed by atoms with Crippen LogP contribution in [0.25, 0.3) is 0 Å². The quantitative estimate of drug-likeness (QED) is 0.923. The van der Waals surface area contributed by atoms with Crippen LogP contribution in [0.15, 0.2) is 0 Å². The number of aryl methyl sites for hydroxylation is 2. The van der Waals surface area contributed by atoms with Crippen LogP contribution in [-0.4, -0.2) is 35.1 Å². The molecule has 0 aliphatic carbocycles. The van der Waals surface area contributed by atoms with Crippen LogP contribution in [0.2, 0.25) is 0 Å². The van der Waals surface area contributed by atoms with E-state index < -0.39 is 0 Å². The molecule has 0 aromatic carbocycles. The van der Waals surface area contributed by atoms with Gasteiger partial charge in [-0.3, -0.25) is 4.90 Å². The fourth-order valence-electron chi connectivity index (χ4n) is 2.93. The Hall–Kier alpha value is -0.450. The Morgan fingerprint density at radius 2 is 2.15 bits per heavy atom. The maximum absolute atomic E-state index is 4.71. The highest BCUT2D eigenvalue weighted by Gasteiger charge is 2.24. The Labute approximate surface area is 127 Å². The number of nitrogens with one attached hydrogen (secondary N) is 1. The van der Waals surface area contributed by atoms with Crippen LogP contribution < -0.4 is 5.32 Å². The number of thiazole rings is 1. The summed E-state index contributed by atoms with van der Waals surface area (Å²) in [6, 6.07) is 1.27. The van der Waals surface area contributed by atoms with E-state index in [0.29, 0.717) is 12.1 Å². The predicted octanol–water partition coefficient (Wildman–Crippen LogP) is 3.36. The fourth-order valence-corrected chi connectivity index (χ4v) is 3.89. The Kier molecular flexibility index (Phi) is 5.58. The molecule has 2 heterocycles. The average molecular weight is 295 g/mol. The summed E-state index contributed by atoms with van der Waals surface area (Å²) in [6.07, 6.45) is 2.50. The van der Waals surface area contributed by atoms with Crippen molar-refractivity contribution in [2.45, 2.75) is 66.1 Å². The summed E-state index contributed by atoms with van der Waals surface area (Å²) < 4.78 is 0. The molecule has 114 valence electrons. The van der Waals surface area contributed by atoms with Crippen LogP contribution in [0, 0.1) is 19.8 Å². The highest BCUT2D eigenvalue weighted by molar-refractivity contribution is 7.11. The first-order valence-corrected chi connectivity index (χ1v) is 8.67. The van der Waals surface area contributed by atoms with E-state index in [4.69, 9.17) is 4.98 Å². The first-order chi connectivity index (χ1) is 9.45. The van der Waals surface area contributed by atoms with Gasteiger partial charge < -0.3 is 5.32 Å². The van der Waals surface area contributed by atoms with Crippen molar-refractivity contribution in [3.8, 4) is 0 Å². The number of nitrogens with zero attached hydrogens (tertiary/aromatic N) is 2. The molecule has 1 aliphatic heterocycles. The molecule has 20 heavy (non-hydrogen) atoms. The van der Waals surface area contributed by atoms with Crippen LogP contribution >= 0.6 is 11.3 Å². The second kappa shape index (κ2) is 7.01. The van der Waals surface area contributed by atoms with Gasteiger partial charge in [-0.25, -0.2) is 4.98 Å². The zero-order chi connectivity index (χ0) is 14.7. The van der Waals surface area contributed by atoms with Crippen LogP contribution in [0.5, 0.6) is 0 Å². The maximum Gasteiger partial charge on any atom is 0.107 e. The molecule has 4 heteroatoms. The predicted molar refractivity (Wildman–Crippen MR) is 87.3 cm³/mol. The molecule has 2 rings (SSSR count). The average Bonchev–Trinajstić information content (AvgIpc) is 2.55. The summed E-state index contributed by atoms with van der Waals surface area (Å²) in [5.74, 6) is 0.757. The van der Waals surface area contributed by atoms with Gasteiger partial charge in [0.2, 0.25) is 0 Å². The highest BCUT2D eigenvalue weighted by atomic mass is 32.1. The zero-order valence-corrected chi connectivity index (χ0v) is 14.4. The molecule has 0 radical (unpaired) electrons. The number of rotatable bonds is 4. The molecule has 2 atom stereocenters. The van der Waals surface area contributed by atoms with Crippen molar-refractivity contribution in [1.82, 2.24) is 15.2 Å². The molecule has 1 saturated heterocycles. The van der Waals surface area contributed by atoms with Crippen molar-refractivity contribution in [3.63, 3.8) is 0 Å². The van der Waals surface area contributed by atoms with Crippen molar-refractivity contribution >= 4 is 11.3 Å². The van der Waals surface area contributed by atoms with Crippen molar-refractivity contribution in [2.24, 2.45) is 5.92 Å². The van der Waals surface area contributed by atoms with E-state index in [1.807, 2.05) is 11.3 Å². The topological polar surface area (TPSA) is 28.2 Å². The van der Waals surface area contributed by atoms with E-state index in [-0.39, 0.29) is 0 Å². The van der Waals surface area contributed by atoms with Gasteiger partial charge in [-0.2, -0.15) is 0 Å². The van der Waals surface area contributed by atoms with Crippen molar-refractivity contribution in [3.05, 3.63) is 15.6 Å². The van der Waals surface area contributed by atoms with Gasteiger partial charge in [0.15, 0.2) is 0 Å². The molecule has 2 unspecified atom stereocenters. The molecule has 1 N–H and O–H groups in total. The molecule has 1 aromatic rings. The van der Waals surface area contributed by atoms with Gasteiger partial charge in [-0.1, -0.05) is 13.8 Å². The van der Waals surface area contributed by atoms with Crippen LogP contribution in [0.3, 0.4) is 0 Å². The standard InChI is InChI=1S/C16H29N3S/c1-11(2)8-15-9-19(12(3)6-7-17-15)10-16-18-13(4)14(5)20-16/h11-12,15,17H,6-10H2,1-5H3. The summed E-state index contributed by atoms with van der Waals surface area (Å²) in [6.45, 7) is 14.6. The number of aromatic nitrogens is 1. The van der Waals surface area contributed by atoms with Crippen LogP contribution in [0.1, 0.15) is 49.2 Å². The molecule has 1 aliphatic rings. The third-order valence-corrected chi connectivity index (χ3v) is 5.30. The van der Waals surface area contributed by atoms with E-state index in [1.165, 1.54) is 28.4 Å². The van der Waals surface area contributed by atoms with E-state index in [2.05, 4.69) is 44.8 Å². The first-order valence-electron chi connectivity index (χ1n) is 7.86. The molecular weight excluding hydrogens is 266 g/mol. The minimum atomic E-state index is 0.627. The lowest BCUT2D eigenvalue weighted by Crippen LogP contribution is -2.40. The summed E-state index contributed by atoms with van der Waals surface area (Å²) in [4.78, 5) is 8.69. The van der Waals surface area contributed by atoms with Crippen molar-refractivity contribution in [2.75, 3.05) is 13.1 Å². The Morgan fingerprint density at radius 1 is 1.40 bits per heavy atom. The SMILES string of the molecule is Cc1nc(CN2CC(CC(C)C)NCCC2C)sc1C. The Morgan fingerprint density at radius 3 is 2.75 bits per heavy atom. The maximum atomic E-state index is 4.71. The van der Waals surface area contributed by atoms with Gasteiger partial charge in [0.1, 0.15) is 5.01 Å². The third-order valence-electron chi connectivity index (χ3n) is 4.24. The number of hydrogen-bond acceptors (Lipinski definition) is 4. The minimum Gasteiger partial charge on any atom is -0.313 e. The van der Waals surface area contributed by atoms with Gasteiger partial charge in [0, 0.05) is 23.5 Å². The highest BCUT2D eigenvalue weighted by Crippen LogP contribution is 2.21. The zero-order valence-electron chi connectivity index (χ0n) is 13.6. The van der Waals surface area contributed by atoms with E-state index >= 15 is 0 Å². The first kappa shape index (κ1) is 15.9. The number of hydrogen-bond donors (Lipinski definition) is 1. The van der Waals surface area contributed by atoms with Gasteiger partial charge in [0.05, 0.1) is 12.2 Å². The lowest BCUT2D eigenvalue weighted by Gasteiger charge is -2.28. The van der Waals surface area contributed by atoms with Crippen molar-refractivity contribution < 1.29 is 0 Å². The Balaban J connectivity index is 2.02. The lowest BCUT2D eigenvalue weighted by atomic mass is 10.0.